The van der Waals surface area contributed by atoms with E-state index in [4.69, 9.17) is 0 Å². The Bertz CT molecular complexity index is 822. The average molecular weight is 310 g/mol. The number of hydrogen-bond acceptors (Lipinski definition) is 3. The maximum atomic E-state index is 9.99. The second-order valence-electron chi connectivity index (χ2n) is 7.26. The fraction of sp³-hybridized carbons (Fsp3) is 0.474. The number of aliphatic hydroxyl groups excluding tert-OH is 1. The normalized spacial score (nSPS) is 36.6. The molecule has 4 heteroatoms. The number of aromatic nitrogens is 1. The van der Waals surface area contributed by atoms with Gasteiger partial charge in [0.2, 0.25) is 0 Å². The SMILES string of the molecule is CC=C1CN2[C@@H]3Cc4c([nH]c5ccc(O)cc45)[C@@H]2C[C@@H]1[C@H]3CO. The Morgan fingerprint density at radius 2 is 2.26 bits per heavy atom. The van der Waals surface area contributed by atoms with Crippen LogP contribution in [0.3, 0.4) is 0 Å². The maximum absolute atomic E-state index is 9.99. The van der Waals surface area contributed by atoms with Gasteiger partial charge in [-0.05, 0) is 49.4 Å². The van der Waals surface area contributed by atoms with Crippen LogP contribution in [0.2, 0.25) is 0 Å². The zero-order valence-electron chi connectivity index (χ0n) is 13.3. The Balaban J connectivity index is 1.68. The molecule has 0 aliphatic carbocycles. The van der Waals surface area contributed by atoms with Gasteiger partial charge >= 0.3 is 0 Å². The molecule has 1 aromatic carbocycles. The molecule has 0 saturated carbocycles. The number of fused-ring (bicyclic) bond motifs is 4. The van der Waals surface area contributed by atoms with E-state index in [0.29, 0.717) is 29.7 Å². The Morgan fingerprint density at radius 3 is 3.04 bits per heavy atom. The molecular weight excluding hydrogens is 288 g/mol. The van der Waals surface area contributed by atoms with Crippen LogP contribution in [0, 0.1) is 11.8 Å². The molecule has 4 aliphatic rings. The van der Waals surface area contributed by atoms with Crippen LogP contribution in [0.25, 0.3) is 10.9 Å². The van der Waals surface area contributed by atoms with Gasteiger partial charge in [-0.25, -0.2) is 0 Å². The first-order valence-electron chi connectivity index (χ1n) is 8.56. The summed E-state index contributed by atoms with van der Waals surface area (Å²) in [4.78, 5) is 6.21. The lowest BCUT2D eigenvalue weighted by molar-refractivity contribution is -0.0503. The van der Waals surface area contributed by atoms with Gasteiger partial charge in [-0.3, -0.25) is 4.90 Å². The van der Waals surface area contributed by atoms with Gasteiger partial charge in [-0.15, -0.1) is 0 Å². The zero-order valence-corrected chi connectivity index (χ0v) is 13.3. The van der Waals surface area contributed by atoms with E-state index in [9.17, 15) is 10.2 Å². The number of benzene rings is 1. The molecular formula is C19H22N2O2. The van der Waals surface area contributed by atoms with Crippen molar-refractivity contribution in [2.45, 2.75) is 31.8 Å². The number of rotatable bonds is 1. The molecule has 4 nitrogen and oxygen atoms in total. The molecule has 0 spiro atoms. The first kappa shape index (κ1) is 13.6. The van der Waals surface area contributed by atoms with Gasteiger partial charge in [0.1, 0.15) is 5.75 Å². The fourth-order valence-electron chi connectivity index (χ4n) is 5.35. The molecule has 120 valence electrons. The number of phenolic OH excluding ortho intramolecular Hbond substituents is 1. The van der Waals surface area contributed by atoms with E-state index in [1.807, 2.05) is 12.1 Å². The highest BCUT2D eigenvalue weighted by atomic mass is 16.3. The lowest BCUT2D eigenvalue weighted by Gasteiger charge is -2.58. The van der Waals surface area contributed by atoms with Crippen molar-refractivity contribution in [3.8, 4) is 5.75 Å². The van der Waals surface area contributed by atoms with E-state index in [0.717, 1.165) is 30.3 Å². The van der Waals surface area contributed by atoms with Crippen LogP contribution in [-0.2, 0) is 6.42 Å². The number of phenols is 1. The molecule has 1 aromatic heterocycles. The predicted molar refractivity (Wildman–Crippen MR) is 89.3 cm³/mol. The maximum Gasteiger partial charge on any atom is 0.116 e. The Labute approximate surface area is 135 Å². The summed E-state index contributed by atoms with van der Waals surface area (Å²) >= 11 is 0. The quantitative estimate of drug-likeness (QED) is 0.710. The molecule has 4 aliphatic heterocycles. The summed E-state index contributed by atoms with van der Waals surface area (Å²) in [6.45, 7) is 3.42. The van der Waals surface area contributed by atoms with Crippen molar-refractivity contribution in [1.82, 2.24) is 9.88 Å². The van der Waals surface area contributed by atoms with Gasteiger partial charge in [0, 0.05) is 41.7 Å². The highest BCUT2D eigenvalue weighted by Gasteiger charge is 2.52. The van der Waals surface area contributed by atoms with E-state index in [-0.39, 0.29) is 6.61 Å². The predicted octanol–water partition coefficient (Wildman–Crippen LogP) is 2.73. The van der Waals surface area contributed by atoms with Crippen molar-refractivity contribution in [3.63, 3.8) is 0 Å². The standard InChI is InChI=1S/C19H22N2O2/c1-2-10-8-21-17-7-14-13-5-11(23)3-4-16(13)20-19(14)18(21)6-12(10)15(17)9-22/h2-5,12,15,17-18,20,22-23H,6-9H2,1H3/t12-,15+,17+,18-/m0/s1. The van der Waals surface area contributed by atoms with Crippen LogP contribution in [0.5, 0.6) is 5.75 Å². The summed E-state index contributed by atoms with van der Waals surface area (Å²) in [5.74, 6) is 1.17. The molecule has 0 amide bonds. The van der Waals surface area contributed by atoms with Gasteiger partial charge < -0.3 is 15.2 Å². The van der Waals surface area contributed by atoms with Crippen molar-refractivity contribution in [1.29, 1.82) is 0 Å². The molecule has 5 heterocycles. The van der Waals surface area contributed by atoms with Gasteiger partial charge in [0.05, 0.1) is 6.04 Å². The van der Waals surface area contributed by atoms with Crippen molar-refractivity contribution in [3.05, 3.63) is 41.1 Å². The number of piperidine rings is 3. The Kier molecular flexibility index (Phi) is 2.74. The summed E-state index contributed by atoms with van der Waals surface area (Å²) in [7, 11) is 0. The summed E-state index contributed by atoms with van der Waals surface area (Å²) in [6.07, 6.45) is 4.31. The third kappa shape index (κ3) is 1.68. The van der Waals surface area contributed by atoms with E-state index in [1.54, 1.807) is 6.07 Å². The lowest BCUT2D eigenvalue weighted by Crippen LogP contribution is -2.60. The number of nitrogens with one attached hydrogen (secondary N) is 1. The fourth-order valence-corrected chi connectivity index (χ4v) is 5.35. The molecule has 3 N–H and O–H groups in total. The first-order valence-corrected chi connectivity index (χ1v) is 8.56. The lowest BCUT2D eigenvalue weighted by atomic mass is 9.64. The molecule has 5 atom stereocenters. The van der Waals surface area contributed by atoms with E-state index in [2.05, 4.69) is 22.9 Å². The zero-order chi connectivity index (χ0) is 15.7. The van der Waals surface area contributed by atoms with Gasteiger partial charge in [0.15, 0.2) is 0 Å². The smallest absolute Gasteiger partial charge is 0.116 e. The minimum absolute atomic E-state index is 0.263. The number of aromatic hydroxyl groups is 1. The van der Waals surface area contributed by atoms with Crippen LogP contribution >= 0.6 is 0 Å². The third-order valence-corrected chi connectivity index (χ3v) is 6.41. The second kappa shape index (κ2) is 4.62. The molecule has 1 unspecified atom stereocenters. The summed E-state index contributed by atoms with van der Waals surface area (Å²) in [5, 5.41) is 21.0. The highest BCUT2D eigenvalue weighted by Crippen LogP contribution is 2.54. The summed E-state index contributed by atoms with van der Waals surface area (Å²) in [6, 6.07) is 6.44. The molecule has 23 heavy (non-hydrogen) atoms. The molecule has 2 aromatic rings. The van der Waals surface area contributed by atoms with E-state index < -0.39 is 0 Å². The van der Waals surface area contributed by atoms with Gasteiger partial charge in [-0.2, -0.15) is 0 Å². The van der Waals surface area contributed by atoms with Crippen molar-refractivity contribution < 1.29 is 10.2 Å². The average Bonchev–Trinajstić information content (AvgIpc) is 2.92. The van der Waals surface area contributed by atoms with Crippen LogP contribution in [-0.4, -0.2) is 39.3 Å². The number of aromatic amines is 1. The number of nitrogens with zero attached hydrogens (tertiary/aromatic N) is 1. The van der Waals surface area contributed by atoms with Crippen molar-refractivity contribution in [2.75, 3.05) is 13.2 Å². The third-order valence-electron chi connectivity index (χ3n) is 6.41. The topological polar surface area (TPSA) is 59.5 Å². The molecule has 3 fully saturated rings. The van der Waals surface area contributed by atoms with E-state index >= 15 is 0 Å². The van der Waals surface area contributed by atoms with Crippen molar-refractivity contribution in [2.24, 2.45) is 11.8 Å². The largest absolute Gasteiger partial charge is 0.508 e. The minimum Gasteiger partial charge on any atom is -0.508 e. The number of aliphatic hydroxyl groups is 1. The monoisotopic (exact) mass is 310 g/mol. The van der Waals surface area contributed by atoms with E-state index in [1.165, 1.54) is 16.8 Å². The van der Waals surface area contributed by atoms with Crippen molar-refractivity contribution >= 4 is 10.9 Å². The Morgan fingerprint density at radius 1 is 1.39 bits per heavy atom. The molecule has 3 saturated heterocycles. The number of hydrogen-bond donors (Lipinski definition) is 3. The van der Waals surface area contributed by atoms with Crippen LogP contribution in [0.1, 0.15) is 30.6 Å². The highest BCUT2D eigenvalue weighted by molar-refractivity contribution is 5.86. The van der Waals surface area contributed by atoms with Crippen LogP contribution in [0.4, 0.5) is 0 Å². The van der Waals surface area contributed by atoms with Crippen LogP contribution in [0.15, 0.2) is 29.8 Å². The van der Waals surface area contributed by atoms with Gasteiger partial charge in [-0.1, -0.05) is 11.6 Å². The second-order valence-corrected chi connectivity index (χ2v) is 7.26. The minimum atomic E-state index is 0.263. The first-order chi connectivity index (χ1) is 11.2. The molecule has 4 bridgehead atoms. The van der Waals surface area contributed by atoms with Gasteiger partial charge in [0.25, 0.3) is 0 Å². The molecule has 6 rings (SSSR count). The van der Waals surface area contributed by atoms with Crippen LogP contribution < -0.4 is 0 Å². The molecule has 0 radical (unpaired) electrons. The number of allylic oxidation sites excluding steroid dienone is 1. The summed E-state index contributed by atoms with van der Waals surface area (Å²) in [5.41, 5.74) is 5.29. The Hall–Kier alpha value is -1.78. The summed E-state index contributed by atoms with van der Waals surface area (Å²) < 4.78 is 0. The number of H-pyrrole nitrogens is 1.